The summed E-state index contributed by atoms with van der Waals surface area (Å²) >= 11 is 0. The lowest BCUT2D eigenvalue weighted by atomic mass is 9.77. The molecule has 1 saturated carbocycles. The van der Waals surface area contributed by atoms with Crippen LogP contribution in [0, 0.1) is 17.3 Å². The molecule has 1 aliphatic rings. The Morgan fingerprint density at radius 1 is 1.16 bits per heavy atom. The largest absolute Gasteiger partial charge is 0.465 e. The van der Waals surface area contributed by atoms with E-state index in [0.29, 0.717) is 12.5 Å². The third-order valence-electron chi connectivity index (χ3n) is 3.79. The fourth-order valence-corrected chi connectivity index (χ4v) is 2.71. The molecular weight excluding hydrogens is 240 g/mol. The molecule has 0 aromatic carbocycles. The predicted octanol–water partition coefficient (Wildman–Crippen LogP) is 3.75. The van der Waals surface area contributed by atoms with Crippen LogP contribution < -0.4 is 0 Å². The minimum atomic E-state index is -0.222. The quantitative estimate of drug-likeness (QED) is 0.713. The molecule has 0 spiro atoms. The first-order valence-corrected chi connectivity index (χ1v) is 7.45. The highest BCUT2D eigenvalue weighted by Crippen LogP contribution is 2.32. The summed E-state index contributed by atoms with van der Waals surface area (Å²) in [6.45, 7) is 8.12. The van der Waals surface area contributed by atoms with Crippen LogP contribution in [-0.4, -0.2) is 18.4 Å². The molecule has 3 nitrogen and oxygen atoms in total. The summed E-state index contributed by atoms with van der Waals surface area (Å²) in [5.74, 6) is 0.168. The van der Waals surface area contributed by atoms with Crippen LogP contribution in [0.25, 0.3) is 0 Å². The molecule has 0 N–H and O–H groups in total. The van der Waals surface area contributed by atoms with Gasteiger partial charge in [0.25, 0.3) is 0 Å². The monoisotopic (exact) mass is 268 g/mol. The summed E-state index contributed by atoms with van der Waals surface area (Å²) in [6.07, 6.45) is 6.05. The van der Waals surface area contributed by atoms with E-state index in [-0.39, 0.29) is 29.5 Å². The van der Waals surface area contributed by atoms with Crippen LogP contribution in [0.4, 0.5) is 0 Å². The van der Waals surface area contributed by atoms with Gasteiger partial charge in [0.1, 0.15) is 5.78 Å². The van der Waals surface area contributed by atoms with Gasteiger partial charge >= 0.3 is 5.97 Å². The van der Waals surface area contributed by atoms with Gasteiger partial charge in [-0.15, -0.1) is 0 Å². The number of esters is 1. The second-order valence-electron chi connectivity index (χ2n) is 7.04. The Balaban J connectivity index is 2.48. The van der Waals surface area contributed by atoms with E-state index in [1.54, 1.807) is 6.92 Å². The van der Waals surface area contributed by atoms with E-state index < -0.39 is 0 Å². The third kappa shape index (κ3) is 6.22. The number of rotatable bonds is 5. The fourth-order valence-electron chi connectivity index (χ4n) is 2.71. The molecule has 1 rings (SSSR count). The number of carbonyl (C=O) groups excluding carboxylic acids is 2. The first-order chi connectivity index (χ1) is 8.79. The maximum Gasteiger partial charge on any atom is 0.306 e. The number of hydrogen-bond donors (Lipinski definition) is 0. The van der Waals surface area contributed by atoms with Gasteiger partial charge in [-0.3, -0.25) is 9.59 Å². The highest BCUT2D eigenvalue weighted by molar-refractivity contribution is 5.83. The van der Waals surface area contributed by atoms with Gasteiger partial charge in [0.15, 0.2) is 0 Å². The smallest absolute Gasteiger partial charge is 0.306 e. The number of Topliss-reactive ketones (excluding diaryl/α,β-unsaturated/α-hetero) is 1. The zero-order valence-corrected chi connectivity index (χ0v) is 12.8. The van der Waals surface area contributed by atoms with E-state index in [4.69, 9.17) is 4.74 Å². The van der Waals surface area contributed by atoms with Crippen molar-refractivity contribution in [2.45, 2.75) is 66.2 Å². The van der Waals surface area contributed by atoms with Gasteiger partial charge in [-0.25, -0.2) is 0 Å². The van der Waals surface area contributed by atoms with Crippen molar-refractivity contribution < 1.29 is 14.3 Å². The molecule has 1 fully saturated rings. The van der Waals surface area contributed by atoms with Crippen molar-refractivity contribution in [3.63, 3.8) is 0 Å². The van der Waals surface area contributed by atoms with Crippen molar-refractivity contribution in [2.75, 3.05) is 6.61 Å². The highest BCUT2D eigenvalue weighted by atomic mass is 16.5. The molecule has 0 saturated heterocycles. The summed E-state index contributed by atoms with van der Waals surface area (Å²) < 4.78 is 5.29. The van der Waals surface area contributed by atoms with Crippen molar-refractivity contribution in [3.05, 3.63) is 0 Å². The van der Waals surface area contributed by atoms with Gasteiger partial charge in [-0.05, 0) is 31.1 Å². The van der Waals surface area contributed by atoms with E-state index >= 15 is 0 Å². The number of ketones is 1. The van der Waals surface area contributed by atoms with Crippen molar-refractivity contribution in [1.82, 2.24) is 0 Å². The Morgan fingerprint density at radius 2 is 1.74 bits per heavy atom. The van der Waals surface area contributed by atoms with E-state index in [1.165, 1.54) is 19.3 Å². The summed E-state index contributed by atoms with van der Waals surface area (Å²) in [6, 6.07) is 0. The summed E-state index contributed by atoms with van der Waals surface area (Å²) in [5.41, 5.74) is -0.0216. The maximum atomic E-state index is 11.9. The van der Waals surface area contributed by atoms with Crippen LogP contribution in [-0.2, 0) is 14.3 Å². The molecule has 19 heavy (non-hydrogen) atoms. The standard InChI is InChI=1S/C16H28O3/c1-12(17)14(13-8-6-5-7-9-13)10-15(18)19-11-16(2,3)4/h13-14H,5-11H2,1-4H3. The van der Waals surface area contributed by atoms with Gasteiger partial charge < -0.3 is 4.74 Å². The minimum absolute atomic E-state index is 0.0216. The average molecular weight is 268 g/mol. The van der Waals surface area contributed by atoms with Crippen LogP contribution in [0.1, 0.15) is 66.2 Å². The number of hydrogen-bond acceptors (Lipinski definition) is 3. The Kier molecular flexibility index (Phi) is 6.02. The Labute approximate surface area is 117 Å². The first-order valence-electron chi connectivity index (χ1n) is 7.45. The molecule has 0 aromatic rings. The molecule has 0 radical (unpaired) electrons. The Hall–Kier alpha value is -0.860. The topological polar surface area (TPSA) is 43.4 Å². The third-order valence-corrected chi connectivity index (χ3v) is 3.79. The fraction of sp³-hybridized carbons (Fsp3) is 0.875. The maximum absolute atomic E-state index is 11.9. The van der Waals surface area contributed by atoms with Crippen LogP contribution in [0.2, 0.25) is 0 Å². The zero-order chi connectivity index (χ0) is 14.5. The van der Waals surface area contributed by atoms with Crippen molar-refractivity contribution in [1.29, 1.82) is 0 Å². The molecule has 1 unspecified atom stereocenters. The second kappa shape index (κ2) is 7.06. The van der Waals surface area contributed by atoms with E-state index in [2.05, 4.69) is 0 Å². The summed E-state index contributed by atoms with van der Waals surface area (Å²) in [7, 11) is 0. The molecule has 0 aromatic heterocycles. The Bertz CT molecular complexity index is 308. The van der Waals surface area contributed by atoms with Gasteiger partial charge in [-0.1, -0.05) is 40.0 Å². The van der Waals surface area contributed by atoms with Gasteiger partial charge in [-0.2, -0.15) is 0 Å². The lowest BCUT2D eigenvalue weighted by Gasteiger charge is -2.28. The molecule has 1 atom stereocenters. The van der Waals surface area contributed by atoms with Crippen LogP contribution in [0.3, 0.4) is 0 Å². The van der Waals surface area contributed by atoms with Crippen molar-refractivity contribution in [2.24, 2.45) is 17.3 Å². The molecular formula is C16H28O3. The second-order valence-corrected chi connectivity index (χ2v) is 7.04. The van der Waals surface area contributed by atoms with Crippen LogP contribution >= 0.6 is 0 Å². The molecule has 3 heteroatoms. The normalized spacial score (nSPS) is 18.9. The molecule has 0 amide bonds. The predicted molar refractivity (Wildman–Crippen MR) is 75.8 cm³/mol. The Morgan fingerprint density at radius 3 is 2.21 bits per heavy atom. The molecule has 0 aliphatic heterocycles. The number of ether oxygens (including phenoxy) is 1. The zero-order valence-electron chi connectivity index (χ0n) is 12.8. The van der Waals surface area contributed by atoms with E-state index in [9.17, 15) is 9.59 Å². The average Bonchev–Trinajstić information content (AvgIpc) is 2.33. The summed E-state index contributed by atoms with van der Waals surface area (Å²) in [5, 5.41) is 0. The van der Waals surface area contributed by atoms with E-state index in [1.807, 2.05) is 20.8 Å². The molecule has 0 heterocycles. The first kappa shape index (κ1) is 16.2. The molecule has 0 bridgehead atoms. The van der Waals surface area contributed by atoms with Gasteiger partial charge in [0.05, 0.1) is 13.0 Å². The van der Waals surface area contributed by atoms with Crippen molar-refractivity contribution >= 4 is 11.8 Å². The van der Waals surface area contributed by atoms with E-state index in [0.717, 1.165) is 12.8 Å². The SMILES string of the molecule is CC(=O)C(CC(=O)OCC(C)(C)C)C1CCCCC1. The minimum Gasteiger partial charge on any atom is -0.465 e. The van der Waals surface area contributed by atoms with Crippen LogP contribution in [0.15, 0.2) is 0 Å². The van der Waals surface area contributed by atoms with Gasteiger partial charge in [0.2, 0.25) is 0 Å². The summed E-state index contributed by atoms with van der Waals surface area (Å²) in [4.78, 5) is 23.6. The lowest BCUT2D eigenvalue weighted by Crippen LogP contribution is -2.28. The lowest BCUT2D eigenvalue weighted by molar-refractivity contribution is -0.150. The number of carbonyl (C=O) groups is 2. The molecule has 110 valence electrons. The highest BCUT2D eigenvalue weighted by Gasteiger charge is 2.30. The van der Waals surface area contributed by atoms with Crippen molar-refractivity contribution in [3.8, 4) is 0 Å². The van der Waals surface area contributed by atoms with Crippen LogP contribution in [0.5, 0.6) is 0 Å². The molecule has 1 aliphatic carbocycles. The van der Waals surface area contributed by atoms with Gasteiger partial charge in [0, 0.05) is 5.92 Å².